The Balaban J connectivity index is 2.57. The van der Waals surface area contributed by atoms with Crippen molar-refractivity contribution in [1.82, 2.24) is 4.90 Å². The van der Waals surface area contributed by atoms with E-state index in [4.69, 9.17) is 10.5 Å². The number of nitrogens with zero attached hydrogens (tertiary/aromatic N) is 1. The molecule has 1 fully saturated rings. The minimum atomic E-state index is 0.165. The second-order valence-corrected chi connectivity index (χ2v) is 4.18. The van der Waals surface area contributed by atoms with Gasteiger partial charge < -0.3 is 10.5 Å². The summed E-state index contributed by atoms with van der Waals surface area (Å²) >= 11 is 0. The van der Waals surface area contributed by atoms with Gasteiger partial charge in [0.05, 0.1) is 12.7 Å². The van der Waals surface area contributed by atoms with Gasteiger partial charge in [0.1, 0.15) is 0 Å². The fourth-order valence-electron chi connectivity index (χ4n) is 1.81. The summed E-state index contributed by atoms with van der Waals surface area (Å²) in [5, 5.41) is 0. The molecule has 78 valence electrons. The van der Waals surface area contributed by atoms with Crippen LogP contribution >= 0.6 is 0 Å². The molecule has 1 heterocycles. The molecule has 13 heavy (non-hydrogen) atoms. The highest BCUT2D eigenvalue weighted by molar-refractivity contribution is 4.88. The Morgan fingerprint density at radius 1 is 1.62 bits per heavy atom. The van der Waals surface area contributed by atoms with Gasteiger partial charge in [0.15, 0.2) is 0 Å². The summed E-state index contributed by atoms with van der Waals surface area (Å²) in [6.45, 7) is 10.2. The van der Waals surface area contributed by atoms with Crippen LogP contribution in [0.25, 0.3) is 0 Å². The monoisotopic (exact) mass is 186 g/mol. The van der Waals surface area contributed by atoms with Crippen LogP contribution in [0.1, 0.15) is 27.2 Å². The fraction of sp³-hybridized carbons (Fsp3) is 1.00. The first-order chi connectivity index (χ1) is 6.12. The molecule has 2 unspecified atom stereocenters. The van der Waals surface area contributed by atoms with E-state index in [1.165, 1.54) is 0 Å². The van der Waals surface area contributed by atoms with Crippen LogP contribution in [-0.2, 0) is 4.74 Å². The van der Waals surface area contributed by atoms with Gasteiger partial charge in [-0.3, -0.25) is 4.90 Å². The summed E-state index contributed by atoms with van der Waals surface area (Å²) < 4.78 is 5.51. The Labute approximate surface area is 81.2 Å². The molecule has 0 aromatic rings. The summed E-state index contributed by atoms with van der Waals surface area (Å²) in [5.74, 6) is 0. The summed E-state index contributed by atoms with van der Waals surface area (Å²) in [7, 11) is 0. The van der Waals surface area contributed by atoms with Gasteiger partial charge >= 0.3 is 0 Å². The van der Waals surface area contributed by atoms with Crippen LogP contribution in [0.4, 0.5) is 0 Å². The molecule has 1 aliphatic rings. The first-order valence-corrected chi connectivity index (χ1v) is 5.19. The van der Waals surface area contributed by atoms with E-state index >= 15 is 0 Å². The Bertz CT molecular complexity index is 157. The average molecular weight is 186 g/mol. The Kier molecular flexibility index (Phi) is 3.71. The van der Waals surface area contributed by atoms with Crippen LogP contribution in [0, 0.1) is 0 Å². The molecule has 0 saturated carbocycles. The zero-order valence-electron chi connectivity index (χ0n) is 9.05. The van der Waals surface area contributed by atoms with Gasteiger partial charge in [-0.2, -0.15) is 0 Å². The van der Waals surface area contributed by atoms with E-state index in [0.717, 1.165) is 32.7 Å². The Morgan fingerprint density at radius 3 is 2.77 bits per heavy atom. The smallest absolute Gasteiger partial charge is 0.0674 e. The molecule has 0 aliphatic carbocycles. The fourth-order valence-corrected chi connectivity index (χ4v) is 1.81. The lowest BCUT2D eigenvalue weighted by atomic mass is 9.95. The molecule has 0 amide bonds. The predicted octanol–water partition coefficient (Wildman–Crippen LogP) is 0.834. The molecule has 0 radical (unpaired) electrons. The molecular weight excluding hydrogens is 164 g/mol. The van der Waals surface area contributed by atoms with Gasteiger partial charge in [0.2, 0.25) is 0 Å². The molecule has 2 atom stereocenters. The van der Waals surface area contributed by atoms with E-state index in [1.807, 2.05) is 0 Å². The minimum absolute atomic E-state index is 0.165. The summed E-state index contributed by atoms with van der Waals surface area (Å²) in [4.78, 5) is 2.46. The second kappa shape index (κ2) is 4.40. The third-order valence-corrected chi connectivity index (χ3v) is 3.21. The Morgan fingerprint density at radius 2 is 2.31 bits per heavy atom. The van der Waals surface area contributed by atoms with Crippen molar-refractivity contribution in [3.8, 4) is 0 Å². The number of ether oxygens (including phenoxy) is 1. The van der Waals surface area contributed by atoms with Crippen LogP contribution < -0.4 is 5.73 Å². The zero-order chi connectivity index (χ0) is 9.90. The number of morpholine rings is 1. The molecular formula is C10H22N2O. The summed E-state index contributed by atoms with van der Waals surface area (Å²) in [5.41, 5.74) is 5.98. The first-order valence-electron chi connectivity index (χ1n) is 5.19. The van der Waals surface area contributed by atoms with E-state index in [9.17, 15) is 0 Å². The van der Waals surface area contributed by atoms with Crippen LogP contribution in [-0.4, -0.2) is 42.8 Å². The molecule has 0 spiro atoms. The van der Waals surface area contributed by atoms with Crippen LogP contribution in [0.5, 0.6) is 0 Å². The molecule has 1 aliphatic heterocycles. The maximum absolute atomic E-state index is 5.81. The maximum atomic E-state index is 5.81. The lowest BCUT2D eigenvalue weighted by Crippen LogP contribution is -2.56. The van der Waals surface area contributed by atoms with E-state index in [2.05, 4.69) is 25.7 Å². The lowest BCUT2D eigenvalue weighted by molar-refractivity contribution is -0.0569. The SMILES string of the molecule is CCC(C)(CN)N1CCOC(C)C1. The van der Waals surface area contributed by atoms with Gasteiger partial charge in [-0.25, -0.2) is 0 Å². The summed E-state index contributed by atoms with van der Waals surface area (Å²) in [6.07, 6.45) is 1.46. The molecule has 1 saturated heterocycles. The second-order valence-electron chi connectivity index (χ2n) is 4.18. The minimum Gasteiger partial charge on any atom is -0.376 e. The highest BCUT2D eigenvalue weighted by atomic mass is 16.5. The Hall–Kier alpha value is -0.120. The zero-order valence-corrected chi connectivity index (χ0v) is 9.05. The van der Waals surface area contributed by atoms with Crippen molar-refractivity contribution in [2.75, 3.05) is 26.2 Å². The number of rotatable bonds is 3. The molecule has 1 rings (SSSR count). The standard InChI is InChI=1S/C10H22N2O/c1-4-10(3,8-11)12-5-6-13-9(2)7-12/h9H,4-8,11H2,1-3H3. The molecule has 2 N–H and O–H groups in total. The molecule has 3 nitrogen and oxygen atoms in total. The normalized spacial score (nSPS) is 30.0. The maximum Gasteiger partial charge on any atom is 0.0674 e. The predicted molar refractivity (Wildman–Crippen MR) is 54.7 cm³/mol. The van der Waals surface area contributed by atoms with Crippen LogP contribution in [0.15, 0.2) is 0 Å². The third-order valence-electron chi connectivity index (χ3n) is 3.21. The van der Waals surface area contributed by atoms with Gasteiger partial charge in [0.25, 0.3) is 0 Å². The van der Waals surface area contributed by atoms with Crippen molar-refractivity contribution in [2.45, 2.75) is 38.8 Å². The molecule has 0 aromatic heterocycles. The van der Waals surface area contributed by atoms with E-state index in [1.54, 1.807) is 0 Å². The van der Waals surface area contributed by atoms with Crippen molar-refractivity contribution in [3.05, 3.63) is 0 Å². The highest BCUT2D eigenvalue weighted by Crippen LogP contribution is 2.20. The number of hydrogen-bond donors (Lipinski definition) is 1. The van der Waals surface area contributed by atoms with E-state index in [-0.39, 0.29) is 5.54 Å². The van der Waals surface area contributed by atoms with Crippen LogP contribution in [0.3, 0.4) is 0 Å². The third kappa shape index (κ3) is 2.42. The van der Waals surface area contributed by atoms with Crippen LogP contribution in [0.2, 0.25) is 0 Å². The van der Waals surface area contributed by atoms with Crippen molar-refractivity contribution in [3.63, 3.8) is 0 Å². The number of hydrogen-bond acceptors (Lipinski definition) is 3. The van der Waals surface area contributed by atoms with E-state index < -0.39 is 0 Å². The van der Waals surface area contributed by atoms with Gasteiger partial charge in [-0.05, 0) is 20.3 Å². The average Bonchev–Trinajstić information content (AvgIpc) is 2.17. The van der Waals surface area contributed by atoms with Gasteiger partial charge in [0, 0.05) is 25.2 Å². The van der Waals surface area contributed by atoms with Crippen molar-refractivity contribution in [1.29, 1.82) is 0 Å². The number of nitrogens with two attached hydrogens (primary N) is 1. The van der Waals surface area contributed by atoms with Crippen molar-refractivity contribution < 1.29 is 4.74 Å². The molecule has 3 heteroatoms. The topological polar surface area (TPSA) is 38.5 Å². The van der Waals surface area contributed by atoms with Crippen molar-refractivity contribution in [2.24, 2.45) is 5.73 Å². The largest absolute Gasteiger partial charge is 0.376 e. The van der Waals surface area contributed by atoms with Gasteiger partial charge in [-0.1, -0.05) is 6.92 Å². The molecule has 0 bridgehead atoms. The van der Waals surface area contributed by atoms with Gasteiger partial charge in [-0.15, -0.1) is 0 Å². The quantitative estimate of drug-likeness (QED) is 0.709. The van der Waals surface area contributed by atoms with Crippen molar-refractivity contribution >= 4 is 0 Å². The summed E-state index contributed by atoms with van der Waals surface area (Å²) in [6, 6.07) is 0. The lowest BCUT2D eigenvalue weighted by Gasteiger charge is -2.44. The first kappa shape index (κ1) is 11.0. The highest BCUT2D eigenvalue weighted by Gasteiger charge is 2.31. The van der Waals surface area contributed by atoms with E-state index in [0.29, 0.717) is 6.10 Å². The molecule has 0 aromatic carbocycles.